The molecule has 0 spiro atoms. The minimum Gasteiger partial charge on any atom is -0.378 e. The number of guanidine groups is 1. The van der Waals surface area contributed by atoms with E-state index in [0.29, 0.717) is 25.7 Å². The third kappa shape index (κ3) is 3.70. The molecule has 0 aromatic heterocycles. The maximum atomic E-state index is 13.3. The van der Waals surface area contributed by atoms with Gasteiger partial charge in [0, 0.05) is 18.5 Å². The van der Waals surface area contributed by atoms with Gasteiger partial charge in [-0.2, -0.15) is 0 Å². The van der Waals surface area contributed by atoms with Gasteiger partial charge in [0.25, 0.3) is 0 Å². The van der Waals surface area contributed by atoms with Gasteiger partial charge in [-0.15, -0.1) is 0 Å². The second-order valence-electron chi connectivity index (χ2n) is 5.67. The molecule has 0 atom stereocenters. The summed E-state index contributed by atoms with van der Waals surface area (Å²) in [4.78, 5) is 6.49. The van der Waals surface area contributed by atoms with E-state index in [1.807, 2.05) is 24.8 Å². The molecule has 0 saturated carbocycles. The highest BCUT2D eigenvalue weighted by Crippen LogP contribution is 2.24. The molecule has 20 heavy (non-hydrogen) atoms. The lowest BCUT2D eigenvalue weighted by Gasteiger charge is -2.29. The average Bonchev–Trinajstić information content (AvgIpc) is 2.46. The Morgan fingerprint density at radius 1 is 1.40 bits per heavy atom. The lowest BCUT2D eigenvalue weighted by atomic mass is 9.85. The van der Waals surface area contributed by atoms with E-state index in [2.05, 4.69) is 4.99 Å². The summed E-state index contributed by atoms with van der Waals surface area (Å²) in [6, 6.07) is 6.65. The molecule has 4 nitrogen and oxygen atoms in total. The van der Waals surface area contributed by atoms with Crippen LogP contribution in [0, 0.1) is 5.82 Å². The van der Waals surface area contributed by atoms with Gasteiger partial charge in [0.1, 0.15) is 5.82 Å². The monoisotopic (exact) mass is 279 g/mol. The van der Waals surface area contributed by atoms with Crippen molar-refractivity contribution in [1.29, 1.82) is 0 Å². The highest BCUT2D eigenvalue weighted by molar-refractivity contribution is 5.78. The fraction of sp³-hybridized carbons (Fsp3) is 0.533. The standard InChI is InChI=1S/C15H22FN3O/c1-15(2,12-4-3-5-13(16)10-12)11-18-14(17)19-6-8-20-9-7-19/h3-5,10H,6-9,11H2,1-2H3,(H2,17,18). The molecule has 1 aliphatic rings. The molecule has 0 aliphatic carbocycles. The Labute approximate surface area is 119 Å². The predicted molar refractivity (Wildman–Crippen MR) is 78.3 cm³/mol. The van der Waals surface area contributed by atoms with Crippen LogP contribution < -0.4 is 5.73 Å². The van der Waals surface area contributed by atoms with Crippen LogP contribution in [-0.2, 0) is 10.2 Å². The molecule has 1 aromatic rings. The first-order valence-electron chi connectivity index (χ1n) is 6.88. The molecule has 110 valence electrons. The van der Waals surface area contributed by atoms with Gasteiger partial charge in [-0.1, -0.05) is 26.0 Å². The molecular formula is C15H22FN3O. The van der Waals surface area contributed by atoms with E-state index in [0.717, 1.165) is 18.7 Å². The molecule has 1 aliphatic heterocycles. The first kappa shape index (κ1) is 14.8. The zero-order chi connectivity index (χ0) is 14.6. The second kappa shape index (κ2) is 6.22. The lowest BCUT2D eigenvalue weighted by Crippen LogP contribution is -2.45. The van der Waals surface area contributed by atoms with Gasteiger partial charge >= 0.3 is 0 Å². The summed E-state index contributed by atoms with van der Waals surface area (Å²) in [6.45, 7) is 7.52. The summed E-state index contributed by atoms with van der Waals surface area (Å²) < 4.78 is 18.6. The van der Waals surface area contributed by atoms with Crippen molar-refractivity contribution in [3.63, 3.8) is 0 Å². The van der Waals surface area contributed by atoms with E-state index < -0.39 is 0 Å². The van der Waals surface area contributed by atoms with Crippen molar-refractivity contribution in [2.45, 2.75) is 19.3 Å². The molecule has 1 saturated heterocycles. The number of benzene rings is 1. The second-order valence-corrected chi connectivity index (χ2v) is 5.67. The number of hydrogen-bond acceptors (Lipinski definition) is 2. The topological polar surface area (TPSA) is 50.8 Å². The number of hydrogen-bond donors (Lipinski definition) is 1. The Kier molecular flexibility index (Phi) is 4.60. The Hall–Kier alpha value is -1.62. The van der Waals surface area contributed by atoms with Gasteiger partial charge in [-0.05, 0) is 17.7 Å². The summed E-state index contributed by atoms with van der Waals surface area (Å²) in [7, 11) is 0. The maximum Gasteiger partial charge on any atom is 0.191 e. The first-order chi connectivity index (χ1) is 9.49. The van der Waals surface area contributed by atoms with Crippen molar-refractivity contribution < 1.29 is 9.13 Å². The van der Waals surface area contributed by atoms with Crippen LogP contribution in [0.2, 0.25) is 0 Å². The van der Waals surface area contributed by atoms with Crippen molar-refractivity contribution >= 4 is 5.96 Å². The number of ether oxygens (including phenoxy) is 1. The van der Waals surface area contributed by atoms with Crippen LogP contribution >= 0.6 is 0 Å². The number of nitrogens with zero attached hydrogens (tertiary/aromatic N) is 2. The van der Waals surface area contributed by atoms with E-state index in [1.54, 1.807) is 12.1 Å². The average molecular weight is 279 g/mol. The maximum absolute atomic E-state index is 13.3. The molecule has 1 heterocycles. The zero-order valence-electron chi connectivity index (χ0n) is 12.1. The first-order valence-corrected chi connectivity index (χ1v) is 6.88. The number of morpholine rings is 1. The van der Waals surface area contributed by atoms with Crippen molar-refractivity contribution in [1.82, 2.24) is 4.90 Å². The number of halogens is 1. The molecular weight excluding hydrogens is 257 g/mol. The van der Waals surface area contributed by atoms with Crippen molar-refractivity contribution in [2.75, 3.05) is 32.8 Å². The van der Waals surface area contributed by atoms with Gasteiger partial charge in [0.2, 0.25) is 0 Å². The van der Waals surface area contributed by atoms with Crippen LogP contribution in [0.25, 0.3) is 0 Å². The molecule has 2 N–H and O–H groups in total. The molecule has 5 heteroatoms. The van der Waals surface area contributed by atoms with E-state index in [-0.39, 0.29) is 11.2 Å². The van der Waals surface area contributed by atoms with Gasteiger partial charge < -0.3 is 15.4 Å². The van der Waals surface area contributed by atoms with Gasteiger partial charge in [0.05, 0.1) is 19.8 Å². The highest BCUT2D eigenvalue weighted by Gasteiger charge is 2.21. The minimum absolute atomic E-state index is 0.222. The molecule has 1 aromatic carbocycles. The fourth-order valence-electron chi connectivity index (χ4n) is 2.17. The molecule has 0 amide bonds. The molecule has 2 rings (SSSR count). The lowest BCUT2D eigenvalue weighted by molar-refractivity contribution is 0.0674. The molecule has 0 bridgehead atoms. The largest absolute Gasteiger partial charge is 0.378 e. The summed E-state index contributed by atoms with van der Waals surface area (Å²) in [6.07, 6.45) is 0. The Bertz CT molecular complexity index is 482. The SMILES string of the molecule is CC(C)(CN=C(N)N1CCOCC1)c1cccc(F)c1. The van der Waals surface area contributed by atoms with E-state index >= 15 is 0 Å². The van der Waals surface area contributed by atoms with E-state index in [1.165, 1.54) is 6.07 Å². The molecule has 0 radical (unpaired) electrons. The predicted octanol–water partition coefficient (Wildman–Crippen LogP) is 1.75. The van der Waals surface area contributed by atoms with Crippen molar-refractivity contribution in [3.8, 4) is 0 Å². The smallest absolute Gasteiger partial charge is 0.191 e. The van der Waals surface area contributed by atoms with Crippen LogP contribution in [0.4, 0.5) is 4.39 Å². The van der Waals surface area contributed by atoms with Crippen LogP contribution in [0.5, 0.6) is 0 Å². The minimum atomic E-state index is -0.251. The normalized spacial score (nSPS) is 17.4. The van der Waals surface area contributed by atoms with Crippen LogP contribution in [-0.4, -0.2) is 43.7 Å². The fourth-order valence-corrected chi connectivity index (χ4v) is 2.17. The van der Waals surface area contributed by atoms with E-state index in [9.17, 15) is 4.39 Å². The zero-order valence-corrected chi connectivity index (χ0v) is 12.1. The summed E-state index contributed by atoms with van der Waals surface area (Å²) >= 11 is 0. The quantitative estimate of drug-likeness (QED) is 0.677. The van der Waals surface area contributed by atoms with Gasteiger partial charge in [-0.3, -0.25) is 4.99 Å². The molecule has 0 unspecified atom stereocenters. The Morgan fingerprint density at radius 3 is 2.75 bits per heavy atom. The third-order valence-electron chi connectivity index (χ3n) is 3.58. The number of nitrogens with two attached hydrogens (primary N) is 1. The van der Waals surface area contributed by atoms with Gasteiger partial charge in [-0.25, -0.2) is 4.39 Å². The van der Waals surface area contributed by atoms with Crippen molar-refractivity contribution in [3.05, 3.63) is 35.6 Å². The number of rotatable bonds is 3. The van der Waals surface area contributed by atoms with Crippen molar-refractivity contribution in [2.24, 2.45) is 10.7 Å². The third-order valence-corrected chi connectivity index (χ3v) is 3.58. The summed E-state index contributed by atoms with van der Waals surface area (Å²) in [5.74, 6) is 0.318. The Balaban J connectivity index is 2.04. The number of aliphatic imine (C=N–C) groups is 1. The summed E-state index contributed by atoms with van der Waals surface area (Å²) in [5, 5.41) is 0. The van der Waals surface area contributed by atoms with Crippen LogP contribution in [0.3, 0.4) is 0 Å². The highest BCUT2D eigenvalue weighted by atomic mass is 19.1. The van der Waals surface area contributed by atoms with Crippen LogP contribution in [0.1, 0.15) is 19.4 Å². The van der Waals surface area contributed by atoms with Gasteiger partial charge in [0.15, 0.2) is 5.96 Å². The van der Waals surface area contributed by atoms with E-state index in [4.69, 9.17) is 10.5 Å². The van der Waals surface area contributed by atoms with Crippen LogP contribution in [0.15, 0.2) is 29.3 Å². The summed E-state index contributed by atoms with van der Waals surface area (Å²) in [5.41, 5.74) is 6.69. The molecule has 1 fully saturated rings. The Morgan fingerprint density at radius 2 is 2.10 bits per heavy atom.